The Hall–Kier alpha value is -0.570. The molecule has 1 saturated heterocycles. The average Bonchev–Trinajstić information content (AvgIpc) is 2.55. The summed E-state index contributed by atoms with van der Waals surface area (Å²) in [6.07, 6.45) is 3.12. The van der Waals surface area contributed by atoms with Gasteiger partial charge < -0.3 is 10.5 Å². The smallest absolute Gasteiger partial charge is 0.0940 e. The summed E-state index contributed by atoms with van der Waals surface area (Å²) in [7, 11) is 0. The largest absolute Gasteiger partial charge is 0.387 e. The van der Waals surface area contributed by atoms with Crippen LogP contribution in [0.1, 0.15) is 33.1 Å². The Morgan fingerprint density at radius 1 is 1.69 bits per heavy atom. The lowest BCUT2D eigenvalue weighted by Crippen LogP contribution is -2.21. The lowest BCUT2D eigenvalue weighted by atomic mass is 10.0. The highest BCUT2D eigenvalue weighted by Crippen LogP contribution is 2.18. The molecule has 2 N–H and O–H groups in total. The van der Waals surface area contributed by atoms with Gasteiger partial charge in [0.15, 0.2) is 0 Å². The second-order valence-corrected chi connectivity index (χ2v) is 3.73. The highest BCUT2D eigenvalue weighted by Gasteiger charge is 2.21. The van der Waals surface area contributed by atoms with Gasteiger partial charge in [-0.05, 0) is 19.8 Å². The molecule has 2 atom stereocenters. The molecule has 13 heavy (non-hydrogen) atoms. The first kappa shape index (κ1) is 10.5. The molecule has 76 valence electrons. The summed E-state index contributed by atoms with van der Waals surface area (Å²) in [5.41, 5.74) is 5.76. The Bertz CT molecular complexity index is 174. The molecule has 1 rings (SSSR count). The van der Waals surface area contributed by atoms with E-state index < -0.39 is 0 Å². The van der Waals surface area contributed by atoms with Gasteiger partial charge in [0.25, 0.3) is 0 Å². The molecular weight excluding hydrogens is 164 g/mol. The molecule has 0 radical (unpaired) electrons. The highest BCUT2D eigenvalue weighted by molar-refractivity contribution is 5.80. The van der Waals surface area contributed by atoms with Crippen LogP contribution in [-0.4, -0.2) is 25.1 Å². The fourth-order valence-electron chi connectivity index (χ4n) is 1.62. The van der Waals surface area contributed by atoms with E-state index in [1.165, 1.54) is 0 Å². The van der Waals surface area contributed by atoms with Gasteiger partial charge in [-0.3, -0.25) is 4.99 Å². The van der Waals surface area contributed by atoms with Crippen molar-refractivity contribution in [3.8, 4) is 0 Å². The Kier molecular flexibility index (Phi) is 4.22. The van der Waals surface area contributed by atoms with Crippen LogP contribution < -0.4 is 5.73 Å². The summed E-state index contributed by atoms with van der Waals surface area (Å²) in [5.74, 6) is 1.37. The molecule has 0 spiro atoms. The predicted molar refractivity (Wildman–Crippen MR) is 54.9 cm³/mol. The number of ether oxygens (including phenoxy) is 1. The van der Waals surface area contributed by atoms with Gasteiger partial charge in [0.1, 0.15) is 0 Å². The molecule has 1 aliphatic rings. The molecule has 2 unspecified atom stereocenters. The van der Waals surface area contributed by atoms with Crippen molar-refractivity contribution in [3.05, 3.63) is 0 Å². The van der Waals surface area contributed by atoms with E-state index in [1.54, 1.807) is 0 Å². The van der Waals surface area contributed by atoms with Crippen LogP contribution >= 0.6 is 0 Å². The first-order chi connectivity index (χ1) is 6.24. The Labute approximate surface area is 80.4 Å². The third kappa shape index (κ3) is 3.35. The van der Waals surface area contributed by atoms with Gasteiger partial charge in [-0.25, -0.2) is 0 Å². The Morgan fingerprint density at radius 2 is 2.46 bits per heavy atom. The SMILES string of the molecule is CCCC(N)=NC(C)C1CCOC1. The molecular formula is C10H20N2O. The van der Waals surface area contributed by atoms with Crippen molar-refractivity contribution in [2.75, 3.05) is 13.2 Å². The number of amidine groups is 1. The van der Waals surface area contributed by atoms with Crippen molar-refractivity contribution in [2.24, 2.45) is 16.6 Å². The van der Waals surface area contributed by atoms with Crippen molar-refractivity contribution < 1.29 is 4.74 Å². The summed E-state index contributed by atoms with van der Waals surface area (Å²) in [6, 6.07) is 0.328. The van der Waals surface area contributed by atoms with Crippen LogP contribution in [0.2, 0.25) is 0 Å². The summed E-state index contributed by atoms with van der Waals surface area (Å²) in [6.45, 7) is 5.98. The van der Waals surface area contributed by atoms with Crippen molar-refractivity contribution >= 4 is 5.84 Å². The summed E-state index contributed by atoms with van der Waals surface area (Å²) >= 11 is 0. The van der Waals surface area contributed by atoms with Crippen LogP contribution in [0.4, 0.5) is 0 Å². The zero-order valence-electron chi connectivity index (χ0n) is 8.62. The molecule has 0 aromatic rings. The topological polar surface area (TPSA) is 47.6 Å². The van der Waals surface area contributed by atoms with Gasteiger partial charge in [0.05, 0.1) is 18.5 Å². The van der Waals surface area contributed by atoms with E-state index in [0.717, 1.165) is 38.3 Å². The minimum atomic E-state index is 0.328. The summed E-state index contributed by atoms with van der Waals surface area (Å²) < 4.78 is 5.31. The normalized spacial score (nSPS) is 26.3. The fraction of sp³-hybridized carbons (Fsp3) is 0.900. The van der Waals surface area contributed by atoms with Crippen LogP contribution in [-0.2, 0) is 4.74 Å². The third-order valence-electron chi connectivity index (χ3n) is 2.52. The molecule has 0 amide bonds. The van der Waals surface area contributed by atoms with Crippen molar-refractivity contribution in [2.45, 2.75) is 39.2 Å². The molecule has 3 nitrogen and oxygen atoms in total. The molecule has 0 aromatic heterocycles. The van der Waals surface area contributed by atoms with Crippen LogP contribution in [0.5, 0.6) is 0 Å². The van der Waals surface area contributed by atoms with E-state index in [0.29, 0.717) is 12.0 Å². The van der Waals surface area contributed by atoms with Crippen molar-refractivity contribution in [1.29, 1.82) is 0 Å². The van der Waals surface area contributed by atoms with E-state index in [2.05, 4.69) is 18.8 Å². The zero-order chi connectivity index (χ0) is 9.68. The van der Waals surface area contributed by atoms with E-state index in [1.807, 2.05) is 0 Å². The molecule has 1 fully saturated rings. The predicted octanol–water partition coefficient (Wildman–Crippen LogP) is 1.57. The molecule has 0 aliphatic carbocycles. The lowest BCUT2D eigenvalue weighted by Gasteiger charge is -2.13. The Morgan fingerprint density at radius 3 is 3.00 bits per heavy atom. The summed E-state index contributed by atoms with van der Waals surface area (Å²) in [5, 5.41) is 0. The maximum atomic E-state index is 5.76. The molecule has 3 heteroatoms. The molecule has 0 bridgehead atoms. The second-order valence-electron chi connectivity index (χ2n) is 3.73. The number of rotatable bonds is 4. The first-order valence-electron chi connectivity index (χ1n) is 5.14. The first-order valence-corrected chi connectivity index (χ1v) is 5.14. The number of nitrogens with zero attached hydrogens (tertiary/aromatic N) is 1. The van der Waals surface area contributed by atoms with Gasteiger partial charge >= 0.3 is 0 Å². The number of hydrogen-bond donors (Lipinski definition) is 1. The molecule has 0 aromatic carbocycles. The van der Waals surface area contributed by atoms with E-state index in [-0.39, 0.29) is 0 Å². The fourth-order valence-corrected chi connectivity index (χ4v) is 1.62. The number of hydrogen-bond acceptors (Lipinski definition) is 2. The molecule has 1 aliphatic heterocycles. The van der Waals surface area contributed by atoms with Crippen LogP contribution in [0.15, 0.2) is 4.99 Å². The molecule has 0 saturated carbocycles. The van der Waals surface area contributed by atoms with Gasteiger partial charge in [-0.15, -0.1) is 0 Å². The highest BCUT2D eigenvalue weighted by atomic mass is 16.5. The monoisotopic (exact) mass is 184 g/mol. The van der Waals surface area contributed by atoms with Crippen LogP contribution in [0.3, 0.4) is 0 Å². The standard InChI is InChI=1S/C10H20N2O/c1-3-4-10(11)12-8(2)9-5-6-13-7-9/h8-9H,3-7H2,1-2H3,(H2,11,12). The van der Waals surface area contributed by atoms with E-state index in [9.17, 15) is 0 Å². The third-order valence-corrected chi connectivity index (χ3v) is 2.52. The minimum Gasteiger partial charge on any atom is -0.387 e. The summed E-state index contributed by atoms with van der Waals surface area (Å²) in [4.78, 5) is 4.46. The zero-order valence-corrected chi connectivity index (χ0v) is 8.62. The minimum absolute atomic E-state index is 0.328. The second kappa shape index (κ2) is 5.22. The van der Waals surface area contributed by atoms with Crippen molar-refractivity contribution in [1.82, 2.24) is 0 Å². The maximum Gasteiger partial charge on any atom is 0.0940 e. The Balaban J connectivity index is 2.37. The lowest BCUT2D eigenvalue weighted by molar-refractivity contribution is 0.182. The number of aliphatic imine (C=N–C) groups is 1. The molecule has 1 heterocycles. The van der Waals surface area contributed by atoms with Crippen LogP contribution in [0, 0.1) is 5.92 Å². The van der Waals surface area contributed by atoms with Gasteiger partial charge in [0.2, 0.25) is 0 Å². The van der Waals surface area contributed by atoms with Crippen molar-refractivity contribution in [3.63, 3.8) is 0 Å². The average molecular weight is 184 g/mol. The quantitative estimate of drug-likeness (QED) is 0.532. The number of nitrogens with two attached hydrogens (primary N) is 1. The van der Waals surface area contributed by atoms with E-state index >= 15 is 0 Å². The van der Waals surface area contributed by atoms with Gasteiger partial charge in [-0.1, -0.05) is 6.92 Å². The van der Waals surface area contributed by atoms with Crippen LogP contribution in [0.25, 0.3) is 0 Å². The maximum absolute atomic E-state index is 5.76. The van der Waals surface area contributed by atoms with Gasteiger partial charge in [0, 0.05) is 18.9 Å². The van der Waals surface area contributed by atoms with Gasteiger partial charge in [-0.2, -0.15) is 0 Å². The van der Waals surface area contributed by atoms with E-state index in [4.69, 9.17) is 10.5 Å².